The lowest BCUT2D eigenvalue weighted by molar-refractivity contribution is -0.141. The molecule has 16 heavy (non-hydrogen) atoms. The largest absolute Gasteiger partial charge is 0.462 e. The van der Waals surface area contributed by atoms with Gasteiger partial charge in [-0.1, -0.05) is 31.9 Å². The minimum Gasteiger partial charge on any atom is -0.462 e. The molecule has 0 aliphatic carbocycles. The highest BCUT2D eigenvalue weighted by Gasteiger charge is 2.02. The summed E-state index contributed by atoms with van der Waals surface area (Å²) in [6.07, 6.45) is 2.56. The molecule has 92 valence electrons. The SMILES string of the molecule is O=C(C=CC(=O)OCCC(Br)Br)OCCO. The Bertz CT molecular complexity index is 252. The molecule has 0 radical (unpaired) electrons. The summed E-state index contributed by atoms with van der Waals surface area (Å²) in [7, 11) is 0. The van der Waals surface area contributed by atoms with Crippen molar-refractivity contribution in [3.05, 3.63) is 12.2 Å². The highest BCUT2D eigenvalue weighted by molar-refractivity contribution is 9.24. The average Bonchev–Trinajstić information content (AvgIpc) is 2.23. The number of carbonyl (C=O) groups excluding carboxylic acids is 2. The van der Waals surface area contributed by atoms with Gasteiger partial charge in [-0.15, -0.1) is 0 Å². The summed E-state index contributed by atoms with van der Waals surface area (Å²) in [6, 6.07) is 0. The van der Waals surface area contributed by atoms with Gasteiger partial charge >= 0.3 is 11.9 Å². The molecule has 0 aliphatic rings. The van der Waals surface area contributed by atoms with Gasteiger partial charge in [0.2, 0.25) is 0 Å². The van der Waals surface area contributed by atoms with Gasteiger partial charge in [0.05, 0.1) is 17.0 Å². The standard InChI is InChI=1S/C9H12Br2O5/c10-7(11)3-5-15-8(13)1-2-9(14)16-6-4-12/h1-2,7,12H,3-6H2. The van der Waals surface area contributed by atoms with Gasteiger partial charge in [-0.3, -0.25) is 0 Å². The Kier molecular flexibility index (Phi) is 9.55. The number of carbonyl (C=O) groups is 2. The van der Waals surface area contributed by atoms with Gasteiger partial charge in [-0.2, -0.15) is 0 Å². The van der Waals surface area contributed by atoms with Crippen molar-refractivity contribution in [1.82, 2.24) is 0 Å². The number of halogens is 2. The molecular formula is C9H12Br2O5. The van der Waals surface area contributed by atoms with Crippen LogP contribution in [0.15, 0.2) is 12.2 Å². The number of alkyl halides is 2. The number of ether oxygens (including phenoxy) is 2. The van der Waals surface area contributed by atoms with Crippen LogP contribution < -0.4 is 0 Å². The van der Waals surface area contributed by atoms with E-state index in [0.717, 1.165) is 12.2 Å². The lowest BCUT2D eigenvalue weighted by atomic mass is 10.5. The topological polar surface area (TPSA) is 72.8 Å². The van der Waals surface area contributed by atoms with Crippen LogP contribution in [0.2, 0.25) is 0 Å². The molecule has 0 aromatic heterocycles. The normalized spacial score (nSPS) is 10.8. The van der Waals surface area contributed by atoms with Gasteiger partial charge < -0.3 is 14.6 Å². The summed E-state index contributed by atoms with van der Waals surface area (Å²) in [5.41, 5.74) is 0. The summed E-state index contributed by atoms with van der Waals surface area (Å²) in [6.45, 7) is -0.0922. The quantitative estimate of drug-likeness (QED) is 0.419. The summed E-state index contributed by atoms with van der Waals surface area (Å²) >= 11 is 6.45. The zero-order chi connectivity index (χ0) is 12.4. The number of hydrogen-bond acceptors (Lipinski definition) is 5. The molecule has 1 N–H and O–H groups in total. The molecule has 0 unspecified atom stereocenters. The number of aliphatic hydroxyl groups is 1. The molecule has 0 spiro atoms. The fourth-order valence-corrected chi connectivity index (χ4v) is 1.00. The number of aliphatic hydroxyl groups excluding tert-OH is 1. The molecule has 5 nitrogen and oxygen atoms in total. The maximum absolute atomic E-state index is 11.0. The van der Waals surface area contributed by atoms with Crippen LogP contribution in [0.25, 0.3) is 0 Å². The van der Waals surface area contributed by atoms with Gasteiger partial charge in [-0.25, -0.2) is 9.59 Å². The van der Waals surface area contributed by atoms with Gasteiger partial charge in [0.25, 0.3) is 0 Å². The van der Waals surface area contributed by atoms with E-state index in [1.54, 1.807) is 0 Å². The summed E-state index contributed by atoms with van der Waals surface area (Å²) in [4.78, 5) is 21.9. The lowest BCUT2D eigenvalue weighted by Crippen LogP contribution is -2.08. The van der Waals surface area contributed by atoms with E-state index in [-0.39, 0.29) is 23.6 Å². The molecule has 0 rings (SSSR count). The van der Waals surface area contributed by atoms with Gasteiger partial charge in [0.1, 0.15) is 6.61 Å². The summed E-state index contributed by atoms with van der Waals surface area (Å²) in [5, 5.41) is 8.36. The van der Waals surface area contributed by atoms with Crippen molar-refractivity contribution in [1.29, 1.82) is 0 Å². The number of hydrogen-bond donors (Lipinski definition) is 1. The van der Waals surface area contributed by atoms with Crippen LogP contribution in [0.3, 0.4) is 0 Å². The maximum atomic E-state index is 11.0. The molecular weight excluding hydrogens is 348 g/mol. The first kappa shape index (κ1) is 15.6. The molecule has 0 fully saturated rings. The second kappa shape index (κ2) is 9.80. The van der Waals surface area contributed by atoms with Crippen LogP contribution in [0, 0.1) is 0 Å². The maximum Gasteiger partial charge on any atom is 0.331 e. The molecule has 0 aliphatic heterocycles. The predicted octanol–water partition coefficient (Wildman–Crippen LogP) is 1.13. The Morgan fingerprint density at radius 3 is 2.06 bits per heavy atom. The summed E-state index contributed by atoms with van der Waals surface area (Å²) in [5.74, 6) is -1.30. The molecule has 0 heterocycles. The smallest absolute Gasteiger partial charge is 0.331 e. The van der Waals surface area contributed by atoms with E-state index in [1.165, 1.54) is 0 Å². The lowest BCUT2D eigenvalue weighted by Gasteiger charge is -2.02. The van der Waals surface area contributed by atoms with E-state index in [1.807, 2.05) is 0 Å². The van der Waals surface area contributed by atoms with Crippen molar-refractivity contribution in [3.8, 4) is 0 Å². The second-order valence-electron chi connectivity index (χ2n) is 2.57. The Labute approximate surface area is 110 Å². The van der Waals surface area contributed by atoms with Crippen molar-refractivity contribution in [2.45, 2.75) is 10.2 Å². The van der Waals surface area contributed by atoms with E-state index in [9.17, 15) is 9.59 Å². The van der Waals surface area contributed by atoms with Crippen molar-refractivity contribution >= 4 is 43.8 Å². The first-order valence-electron chi connectivity index (χ1n) is 4.47. The summed E-state index contributed by atoms with van der Waals surface area (Å²) < 4.78 is 9.34. The van der Waals surface area contributed by atoms with Crippen LogP contribution >= 0.6 is 31.9 Å². The Balaban J connectivity index is 3.69. The third-order valence-electron chi connectivity index (χ3n) is 1.27. The van der Waals surface area contributed by atoms with E-state index in [2.05, 4.69) is 36.6 Å². The van der Waals surface area contributed by atoms with Crippen molar-refractivity contribution < 1.29 is 24.2 Å². The van der Waals surface area contributed by atoms with Crippen LogP contribution in [0.5, 0.6) is 0 Å². The molecule has 0 saturated heterocycles. The van der Waals surface area contributed by atoms with Gasteiger partial charge in [-0.05, 0) is 0 Å². The first-order chi connectivity index (χ1) is 7.56. The molecule has 0 bridgehead atoms. The molecule has 0 saturated carbocycles. The Morgan fingerprint density at radius 2 is 1.62 bits per heavy atom. The van der Waals surface area contributed by atoms with Crippen LogP contribution in [0.1, 0.15) is 6.42 Å². The van der Waals surface area contributed by atoms with Crippen LogP contribution in [-0.4, -0.2) is 40.6 Å². The Morgan fingerprint density at radius 1 is 1.12 bits per heavy atom. The minimum atomic E-state index is -0.690. The van der Waals surface area contributed by atoms with E-state index < -0.39 is 11.9 Å². The average molecular weight is 360 g/mol. The fraction of sp³-hybridized carbons (Fsp3) is 0.556. The molecule has 0 atom stereocenters. The van der Waals surface area contributed by atoms with Gasteiger partial charge in [0.15, 0.2) is 0 Å². The van der Waals surface area contributed by atoms with Crippen molar-refractivity contribution in [2.75, 3.05) is 19.8 Å². The van der Waals surface area contributed by atoms with Crippen molar-refractivity contribution in [2.24, 2.45) is 0 Å². The van der Waals surface area contributed by atoms with Crippen LogP contribution in [-0.2, 0) is 19.1 Å². The molecule has 0 aromatic rings. The number of rotatable bonds is 7. The van der Waals surface area contributed by atoms with E-state index in [0.29, 0.717) is 6.42 Å². The zero-order valence-corrected chi connectivity index (χ0v) is 11.6. The minimum absolute atomic E-state index is 0.0892. The molecule has 0 amide bonds. The zero-order valence-electron chi connectivity index (χ0n) is 8.40. The first-order valence-corrected chi connectivity index (χ1v) is 6.30. The predicted molar refractivity (Wildman–Crippen MR) is 64.4 cm³/mol. The third kappa shape index (κ3) is 10.1. The molecule has 7 heteroatoms. The Hall–Kier alpha value is -0.400. The van der Waals surface area contributed by atoms with Gasteiger partial charge in [0, 0.05) is 18.6 Å². The second-order valence-corrected chi connectivity index (χ2v) is 6.01. The fourth-order valence-electron chi connectivity index (χ4n) is 0.627. The number of esters is 2. The highest BCUT2D eigenvalue weighted by Crippen LogP contribution is 2.11. The van der Waals surface area contributed by atoms with E-state index >= 15 is 0 Å². The third-order valence-corrected chi connectivity index (χ3v) is 2.19. The van der Waals surface area contributed by atoms with E-state index in [4.69, 9.17) is 9.84 Å². The highest BCUT2D eigenvalue weighted by atomic mass is 79.9. The molecule has 0 aromatic carbocycles. The van der Waals surface area contributed by atoms with Crippen LogP contribution in [0.4, 0.5) is 0 Å². The monoisotopic (exact) mass is 358 g/mol. The van der Waals surface area contributed by atoms with Crippen molar-refractivity contribution in [3.63, 3.8) is 0 Å².